The summed E-state index contributed by atoms with van der Waals surface area (Å²) in [5.74, 6) is 1.70. The lowest BCUT2D eigenvalue weighted by Crippen LogP contribution is -2.05. The van der Waals surface area contributed by atoms with Crippen LogP contribution in [0.2, 0.25) is 0 Å². The van der Waals surface area contributed by atoms with Crippen LogP contribution in [0.15, 0.2) is 29.8 Å². The largest absolute Gasteiger partial charge is 0.249 e. The van der Waals surface area contributed by atoms with Crippen molar-refractivity contribution < 1.29 is 0 Å². The number of nitrogens with zero attached hydrogens (tertiary/aromatic N) is 4. The second-order valence-corrected chi connectivity index (χ2v) is 5.69. The number of benzene rings is 1. The number of aromatic nitrogens is 4. The highest BCUT2D eigenvalue weighted by Gasteiger charge is 2.15. The molecule has 3 aromatic rings. The van der Waals surface area contributed by atoms with E-state index in [1.165, 1.54) is 11.1 Å². The second kappa shape index (κ2) is 5.17. The average Bonchev–Trinajstić information content (AvgIpc) is 2.98. The number of hydrogen-bond acceptors (Lipinski definition) is 4. The van der Waals surface area contributed by atoms with Crippen LogP contribution >= 0.6 is 11.3 Å². The van der Waals surface area contributed by atoms with Crippen molar-refractivity contribution in [2.75, 3.05) is 0 Å². The molecular weight excluding hydrogens is 268 g/mol. The first-order chi connectivity index (χ1) is 9.65. The molecular formula is C15H16N4S. The molecule has 0 saturated carbocycles. The van der Waals surface area contributed by atoms with Gasteiger partial charge in [-0.15, -0.1) is 11.3 Å². The molecule has 0 aliphatic carbocycles. The quantitative estimate of drug-likeness (QED) is 0.740. The molecule has 0 fully saturated rings. The van der Waals surface area contributed by atoms with E-state index in [0.29, 0.717) is 0 Å². The van der Waals surface area contributed by atoms with Crippen molar-refractivity contribution in [3.63, 3.8) is 0 Å². The number of rotatable bonds is 3. The molecule has 0 saturated heterocycles. The molecule has 0 aliphatic heterocycles. The fourth-order valence-electron chi connectivity index (χ4n) is 2.20. The zero-order valence-electron chi connectivity index (χ0n) is 11.8. The third kappa shape index (κ3) is 2.36. The molecule has 102 valence electrons. The highest BCUT2D eigenvalue weighted by molar-refractivity contribution is 7.13. The van der Waals surface area contributed by atoms with E-state index in [1.807, 2.05) is 24.0 Å². The summed E-state index contributed by atoms with van der Waals surface area (Å²) in [6.07, 6.45) is 0. The molecule has 0 aliphatic rings. The zero-order chi connectivity index (χ0) is 14.1. The highest BCUT2D eigenvalue weighted by atomic mass is 32.1. The summed E-state index contributed by atoms with van der Waals surface area (Å²) < 4.78 is 1.97. The van der Waals surface area contributed by atoms with Crippen molar-refractivity contribution in [2.45, 2.75) is 27.3 Å². The van der Waals surface area contributed by atoms with Crippen molar-refractivity contribution in [1.29, 1.82) is 0 Å². The van der Waals surface area contributed by atoms with Crippen LogP contribution in [-0.4, -0.2) is 19.7 Å². The first kappa shape index (κ1) is 13.0. The Morgan fingerprint density at radius 2 is 1.95 bits per heavy atom. The van der Waals surface area contributed by atoms with Gasteiger partial charge in [0.15, 0.2) is 5.82 Å². The lowest BCUT2D eigenvalue weighted by Gasteiger charge is -2.08. The van der Waals surface area contributed by atoms with E-state index in [2.05, 4.69) is 46.3 Å². The third-order valence-electron chi connectivity index (χ3n) is 3.31. The Balaban J connectivity index is 2.03. The van der Waals surface area contributed by atoms with Gasteiger partial charge in [0.25, 0.3) is 0 Å². The van der Waals surface area contributed by atoms with Crippen LogP contribution < -0.4 is 0 Å². The molecule has 5 heteroatoms. The monoisotopic (exact) mass is 284 g/mol. The van der Waals surface area contributed by atoms with E-state index in [1.54, 1.807) is 11.3 Å². The number of hydrogen-bond donors (Lipinski definition) is 0. The van der Waals surface area contributed by atoms with Crippen molar-refractivity contribution in [2.24, 2.45) is 0 Å². The van der Waals surface area contributed by atoms with Gasteiger partial charge in [-0.3, -0.25) is 0 Å². The molecule has 2 heterocycles. The summed E-state index contributed by atoms with van der Waals surface area (Å²) >= 11 is 1.61. The minimum absolute atomic E-state index is 0.736. The van der Waals surface area contributed by atoms with Gasteiger partial charge in [0.05, 0.1) is 22.6 Å². The van der Waals surface area contributed by atoms with Crippen molar-refractivity contribution in [3.05, 3.63) is 52.4 Å². The lowest BCUT2D eigenvalue weighted by molar-refractivity contribution is 0.684. The maximum atomic E-state index is 4.56. The van der Waals surface area contributed by atoms with Crippen molar-refractivity contribution >= 4 is 11.3 Å². The summed E-state index contributed by atoms with van der Waals surface area (Å²) in [5.41, 5.74) is 5.40. The summed E-state index contributed by atoms with van der Waals surface area (Å²) in [6, 6.07) is 8.37. The number of aryl methyl sites for hydroxylation is 3. The van der Waals surface area contributed by atoms with E-state index >= 15 is 0 Å². The zero-order valence-corrected chi connectivity index (χ0v) is 12.6. The van der Waals surface area contributed by atoms with Crippen LogP contribution in [0, 0.1) is 20.8 Å². The summed E-state index contributed by atoms with van der Waals surface area (Å²) in [6.45, 7) is 6.79. The summed E-state index contributed by atoms with van der Waals surface area (Å²) in [5, 5.41) is 4.53. The fraction of sp³-hybridized carbons (Fsp3) is 0.267. The van der Waals surface area contributed by atoms with E-state index in [4.69, 9.17) is 0 Å². The second-order valence-electron chi connectivity index (χ2n) is 4.83. The van der Waals surface area contributed by atoms with Crippen LogP contribution in [0.25, 0.3) is 10.7 Å². The molecule has 0 radical (unpaired) electrons. The highest BCUT2D eigenvalue weighted by Crippen LogP contribution is 2.26. The molecule has 0 atom stereocenters. The van der Waals surface area contributed by atoms with Gasteiger partial charge in [-0.05, 0) is 31.9 Å². The fourth-order valence-corrected chi connectivity index (χ4v) is 2.99. The third-order valence-corrected chi connectivity index (χ3v) is 4.23. The molecule has 0 amide bonds. The minimum atomic E-state index is 0.736. The van der Waals surface area contributed by atoms with Gasteiger partial charge in [0.1, 0.15) is 5.82 Å². The smallest absolute Gasteiger partial charge is 0.170 e. The average molecular weight is 284 g/mol. The molecule has 20 heavy (non-hydrogen) atoms. The molecule has 3 rings (SSSR count). The Labute approximate surface area is 122 Å². The Morgan fingerprint density at radius 1 is 1.15 bits per heavy atom. The molecule has 4 nitrogen and oxygen atoms in total. The van der Waals surface area contributed by atoms with Gasteiger partial charge in [0, 0.05) is 0 Å². The van der Waals surface area contributed by atoms with E-state index < -0.39 is 0 Å². The molecule has 0 unspecified atom stereocenters. The SMILES string of the molecule is Cc1nc(-c2scnc2C)n(Cc2ccccc2C)n1. The predicted octanol–water partition coefficient (Wildman–Crippen LogP) is 3.38. The first-order valence-corrected chi connectivity index (χ1v) is 7.39. The maximum absolute atomic E-state index is 4.56. The van der Waals surface area contributed by atoms with Crippen LogP contribution in [0.3, 0.4) is 0 Å². The van der Waals surface area contributed by atoms with E-state index in [0.717, 1.165) is 28.8 Å². The van der Waals surface area contributed by atoms with Gasteiger partial charge in [-0.25, -0.2) is 14.6 Å². The standard InChI is InChI=1S/C15H16N4S/c1-10-6-4-5-7-13(10)8-19-15(17-12(3)18-19)14-11(2)16-9-20-14/h4-7,9H,8H2,1-3H3. The summed E-state index contributed by atoms with van der Waals surface area (Å²) in [4.78, 5) is 9.96. The van der Waals surface area contributed by atoms with Gasteiger partial charge in [-0.2, -0.15) is 5.10 Å². The molecule has 1 aromatic carbocycles. The van der Waals surface area contributed by atoms with Crippen LogP contribution in [0.1, 0.15) is 22.6 Å². The first-order valence-electron chi connectivity index (χ1n) is 6.51. The molecule has 0 bridgehead atoms. The van der Waals surface area contributed by atoms with Gasteiger partial charge >= 0.3 is 0 Å². The van der Waals surface area contributed by atoms with Gasteiger partial charge in [-0.1, -0.05) is 24.3 Å². The summed E-state index contributed by atoms with van der Waals surface area (Å²) in [7, 11) is 0. The molecule has 0 spiro atoms. The van der Waals surface area contributed by atoms with Crippen molar-refractivity contribution in [1.82, 2.24) is 19.7 Å². The Morgan fingerprint density at radius 3 is 2.65 bits per heavy atom. The Hall–Kier alpha value is -2.01. The van der Waals surface area contributed by atoms with Crippen molar-refractivity contribution in [3.8, 4) is 10.7 Å². The van der Waals surface area contributed by atoms with E-state index in [9.17, 15) is 0 Å². The minimum Gasteiger partial charge on any atom is -0.249 e. The van der Waals surface area contributed by atoms with Crippen LogP contribution in [0.4, 0.5) is 0 Å². The van der Waals surface area contributed by atoms with Gasteiger partial charge in [0.2, 0.25) is 0 Å². The van der Waals surface area contributed by atoms with E-state index in [-0.39, 0.29) is 0 Å². The number of thiazole rings is 1. The lowest BCUT2D eigenvalue weighted by atomic mass is 10.1. The normalized spacial score (nSPS) is 10.9. The Kier molecular flexibility index (Phi) is 3.36. The van der Waals surface area contributed by atoms with Crippen LogP contribution in [0.5, 0.6) is 0 Å². The Bertz CT molecular complexity index is 742. The maximum Gasteiger partial charge on any atom is 0.170 e. The molecule has 0 N–H and O–H groups in total. The molecule has 2 aromatic heterocycles. The van der Waals surface area contributed by atoms with Crippen LogP contribution in [-0.2, 0) is 6.54 Å². The topological polar surface area (TPSA) is 43.6 Å². The van der Waals surface area contributed by atoms with Gasteiger partial charge < -0.3 is 0 Å². The predicted molar refractivity (Wildman–Crippen MR) is 80.9 cm³/mol.